The Hall–Kier alpha value is -1.09. The van der Waals surface area contributed by atoms with Crippen LogP contribution in [0, 0.1) is 6.92 Å². The summed E-state index contributed by atoms with van der Waals surface area (Å²) in [5, 5.41) is 6.86. The average Bonchev–Trinajstić information content (AvgIpc) is 2.67. The lowest BCUT2D eigenvalue weighted by Gasteiger charge is -2.12. The second kappa shape index (κ2) is 4.42. The zero-order valence-corrected chi connectivity index (χ0v) is 8.59. The van der Waals surface area contributed by atoms with Gasteiger partial charge in [-0.25, -0.2) is 0 Å². The van der Waals surface area contributed by atoms with E-state index in [1.54, 1.807) is 0 Å². The van der Waals surface area contributed by atoms with Gasteiger partial charge in [-0.15, -0.1) is 0 Å². The molecule has 0 radical (unpaired) electrons. The summed E-state index contributed by atoms with van der Waals surface area (Å²) in [6, 6.07) is 2.76. The van der Waals surface area contributed by atoms with E-state index in [2.05, 4.69) is 28.6 Å². The van der Waals surface area contributed by atoms with Crippen molar-refractivity contribution in [2.75, 3.05) is 18.4 Å². The molecule has 1 aromatic rings. The van der Waals surface area contributed by atoms with Crippen molar-refractivity contribution < 1.29 is 0 Å². The van der Waals surface area contributed by atoms with Gasteiger partial charge >= 0.3 is 0 Å². The minimum atomic E-state index is 0.635. The average molecular weight is 191 g/mol. The van der Waals surface area contributed by atoms with Crippen LogP contribution in [0.4, 0.5) is 5.69 Å². The largest absolute Gasteiger partial charge is 0.382 e. The highest BCUT2D eigenvalue weighted by Crippen LogP contribution is 2.09. The van der Waals surface area contributed by atoms with E-state index in [9.17, 15) is 0 Å². The van der Waals surface area contributed by atoms with Gasteiger partial charge in [-0.05, 0) is 37.9 Å². The molecule has 2 N–H and O–H groups in total. The molecule has 1 saturated heterocycles. The molecule has 2 heterocycles. The molecular formula is C11H17N3. The predicted octanol–water partition coefficient (Wildman–Crippen LogP) is 1.55. The molecular weight excluding hydrogens is 174 g/mol. The SMILES string of the molecule is Cc1cncc(NCC2CCCN2)c1. The molecule has 1 atom stereocenters. The first-order valence-electron chi connectivity index (χ1n) is 5.23. The van der Waals surface area contributed by atoms with Gasteiger partial charge in [0.15, 0.2) is 0 Å². The summed E-state index contributed by atoms with van der Waals surface area (Å²) in [6.45, 7) is 4.23. The third kappa shape index (κ3) is 2.45. The summed E-state index contributed by atoms with van der Waals surface area (Å²) in [6.07, 6.45) is 6.34. The molecule has 1 aliphatic rings. The van der Waals surface area contributed by atoms with Crippen molar-refractivity contribution in [3.05, 3.63) is 24.0 Å². The van der Waals surface area contributed by atoms with E-state index in [4.69, 9.17) is 0 Å². The zero-order valence-electron chi connectivity index (χ0n) is 8.59. The van der Waals surface area contributed by atoms with Crippen LogP contribution in [0.5, 0.6) is 0 Å². The number of pyridine rings is 1. The van der Waals surface area contributed by atoms with E-state index >= 15 is 0 Å². The van der Waals surface area contributed by atoms with Gasteiger partial charge in [0.2, 0.25) is 0 Å². The maximum atomic E-state index is 4.15. The van der Waals surface area contributed by atoms with Crippen LogP contribution < -0.4 is 10.6 Å². The highest BCUT2D eigenvalue weighted by molar-refractivity contribution is 5.42. The van der Waals surface area contributed by atoms with Crippen LogP contribution in [-0.4, -0.2) is 24.1 Å². The van der Waals surface area contributed by atoms with Gasteiger partial charge in [-0.2, -0.15) is 0 Å². The Kier molecular flexibility index (Phi) is 2.99. The normalized spacial score (nSPS) is 21.1. The molecule has 1 aromatic heterocycles. The third-order valence-electron chi connectivity index (χ3n) is 2.59. The first kappa shape index (κ1) is 9.46. The Bertz CT molecular complexity index is 292. The molecule has 76 valence electrons. The molecule has 1 unspecified atom stereocenters. The second-order valence-electron chi connectivity index (χ2n) is 3.93. The minimum absolute atomic E-state index is 0.635. The van der Waals surface area contributed by atoms with Crippen molar-refractivity contribution in [3.8, 4) is 0 Å². The highest BCUT2D eigenvalue weighted by atomic mass is 15.0. The molecule has 2 rings (SSSR count). The molecule has 14 heavy (non-hydrogen) atoms. The van der Waals surface area contributed by atoms with E-state index in [-0.39, 0.29) is 0 Å². The van der Waals surface area contributed by atoms with Crippen LogP contribution >= 0.6 is 0 Å². The summed E-state index contributed by atoms with van der Waals surface area (Å²) in [7, 11) is 0. The molecule has 0 spiro atoms. The monoisotopic (exact) mass is 191 g/mol. The minimum Gasteiger partial charge on any atom is -0.382 e. The number of nitrogens with one attached hydrogen (secondary N) is 2. The van der Waals surface area contributed by atoms with E-state index in [1.807, 2.05) is 12.4 Å². The fourth-order valence-corrected chi connectivity index (χ4v) is 1.82. The molecule has 1 fully saturated rings. The number of hydrogen-bond acceptors (Lipinski definition) is 3. The molecule has 0 saturated carbocycles. The maximum absolute atomic E-state index is 4.15. The van der Waals surface area contributed by atoms with Gasteiger partial charge in [-0.3, -0.25) is 4.98 Å². The van der Waals surface area contributed by atoms with Crippen molar-refractivity contribution in [1.29, 1.82) is 0 Å². The molecule has 3 nitrogen and oxygen atoms in total. The van der Waals surface area contributed by atoms with E-state index < -0.39 is 0 Å². The van der Waals surface area contributed by atoms with Crippen LogP contribution in [0.1, 0.15) is 18.4 Å². The standard InChI is InChI=1S/C11H17N3/c1-9-5-11(7-12-6-9)14-8-10-3-2-4-13-10/h5-7,10,13-14H,2-4,8H2,1H3. The number of rotatable bonds is 3. The van der Waals surface area contributed by atoms with E-state index in [0.29, 0.717) is 6.04 Å². The van der Waals surface area contributed by atoms with Crippen molar-refractivity contribution in [3.63, 3.8) is 0 Å². The van der Waals surface area contributed by atoms with Crippen molar-refractivity contribution in [2.24, 2.45) is 0 Å². The lowest BCUT2D eigenvalue weighted by atomic mass is 10.2. The molecule has 0 aliphatic carbocycles. The Morgan fingerprint density at radius 3 is 3.21 bits per heavy atom. The molecule has 0 bridgehead atoms. The Morgan fingerprint density at radius 2 is 2.50 bits per heavy atom. The van der Waals surface area contributed by atoms with Crippen LogP contribution in [0.25, 0.3) is 0 Å². The number of aromatic nitrogens is 1. The maximum Gasteiger partial charge on any atom is 0.0529 e. The number of nitrogens with zero attached hydrogens (tertiary/aromatic N) is 1. The Balaban J connectivity index is 1.85. The van der Waals surface area contributed by atoms with E-state index in [0.717, 1.165) is 12.2 Å². The Labute approximate surface area is 84.9 Å². The molecule has 1 aliphatic heterocycles. The van der Waals surface area contributed by atoms with Crippen molar-refractivity contribution >= 4 is 5.69 Å². The Morgan fingerprint density at radius 1 is 1.57 bits per heavy atom. The second-order valence-corrected chi connectivity index (χ2v) is 3.93. The topological polar surface area (TPSA) is 37.0 Å². The van der Waals surface area contributed by atoms with Crippen LogP contribution in [-0.2, 0) is 0 Å². The first-order chi connectivity index (χ1) is 6.84. The zero-order chi connectivity index (χ0) is 9.80. The predicted molar refractivity (Wildman–Crippen MR) is 58.5 cm³/mol. The summed E-state index contributed by atoms with van der Waals surface area (Å²) in [4.78, 5) is 4.15. The van der Waals surface area contributed by atoms with Crippen molar-refractivity contribution in [1.82, 2.24) is 10.3 Å². The van der Waals surface area contributed by atoms with Crippen molar-refractivity contribution in [2.45, 2.75) is 25.8 Å². The fraction of sp³-hybridized carbons (Fsp3) is 0.545. The molecule has 0 amide bonds. The van der Waals surface area contributed by atoms with Gasteiger partial charge in [0, 0.05) is 25.0 Å². The highest BCUT2D eigenvalue weighted by Gasteiger charge is 2.12. The molecule has 0 aromatic carbocycles. The lowest BCUT2D eigenvalue weighted by Crippen LogP contribution is -2.29. The molecule has 3 heteroatoms. The lowest BCUT2D eigenvalue weighted by molar-refractivity contribution is 0.633. The van der Waals surface area contributed by atoms with Gasteiger partial charge in [0.25, 0.3) is 0 Å². The smallest absolute Gasteiger partial charge is 0.0529 e. The third-order valence-corrected chi connectivity index (χ3v) is 2.59. The summed E-state index contributed by atoms with van der Waals surface area (Å²) < 4.78 is 0. The van der Waals surface area contributed by atoms with Gasteiger partial charge in [0.1, 0.15) is 0 Å². The number of aryl methyl sites for hydroxylation is 1. The summed E-state index contributed by atoms with van der Waals surface area (Å²) in [5.41, 5.74) is 2.33. The van der Waals surface area contributed by atoms with Gasteiger partial charge in [0.05, 0.1) is 5.69 Å². The van der Waals surface area contributed by atoms with Crippen LogP contribution in [0.15, 0.2) is 18.5 Å². The summed E-state index contributed by atoms with van der Waals surface area (Å²) in [5.74, 6) is 0. The summed E-state index contributed by atoms with van der Waals surface area (Å²) >= 11 is 0. The van der Waals surface area contributed by atoms with Gasteiger partial charge in [-0.1, -0.05) is 0 Å². The van der Waals surface area contributed by atoms with Crippen LogP contribution in [0.3, 0.4) is 0 Å². The number of anilines is 1. The fourth-order valence-electron chi connectivity index (χ4n) is 1.82. The van der Waals surface area contributed by atoms with Crippen LogP contribution in [0.2, 0.25) is 0 Å². The number of hydrogen-bond donors (Lipinski definition) is 2. The quantitative estimate of drug-likeness (QED) is 0.761. The van der Waals surface area contributed by atoms with Gasteiger partial charge < -0.3 is 10.6 Å². The first-order valence-corrected chi connectivity index (χ1v) is 5.23. The van der Waals surface area contributed by atoms with E-state index in [1.165, 1.54) is 24.9 Å².